The van der Waals surface area contributed by atoms with Crippen molar-refractivity contribution < 1.29 is 24.3 Å². The summed E-state index contributed by atoms with van der Waals surface area (Å²) in [4.78, 5) is 48.2. The zero-order valence-corrected chi connectivity index (χ0v) is 14.2. The molecule has 0 bridgehead atoms. The lowest BCUT2D eigenvalue weighted by atomic mass is 10.1. The molecule has 0 aliphatic carbocycles. The molecule has 1 aliphatic rings. The van der Waals surface area contributed by atoms with Gasteiger partial charge in [-0.25, -0.2) is 4.79 Å². The number of likely N-dealkylation sites (tertiary alicyclic amines) is 1. The van der Waals surface area contributed by atoms with Crippen LogP contribution in [0, 0.1) is 5.92 Å². The van der Waals surface area contributed by atoms with Crippen LogP contribution in [0.5, 0.6) is 0 Å². The number of carboxylic acids is 1. The Labute approximate surface area is 140 Å². The second-order valence-electron chi connectivity index (χ2n) is 6.30. The summed E-state index contributed by atoms with van der Waals surface area (Å²) in [5.74, 6) is -2.53. The summed E-state index contributed by atoms with van der Waals surface area (Å²) < 4.78 is 0. The lowest BCUT2D eigenvalue weighted by Gasteiger charge is -2.25. The van der Waals surface area contributed by atoms with E-state index in [0.717, 1.165) is 0 Å². The van der Waals surface area contributed by atoms with Crippen LogP contribution in [-0.2, 0) is 19.2 Å². The maximum absolute atomic E-state index is 12.3. The summed E-state index contributed by atoms with van der Waals surface area (Å²) in [6.45, 7) is 5.13. The van der Waals surface area contributed by atoms with Crippen molar-refractivity contribution in [1.82, 2.24) is 15.5 Å². The van der Waals surface area contributed by atoms with Gasteiger partial charge in [0, 0.05) is 6.54 Å². The van der Waals surface area contributed by atoms with Gasteiger partial charge in [-0.1, -0.05) is 13.8 Å². The number of nitrogens with two attached hydrogens (primary N) is 1. The minimum Gasteiger partial charge on any atom is -0.480 e. The maximum atomic E-state index is 12.3. The van der Waals surface area contributed by atoms with E-state index in [4.69, 9.17) is 10.8 Å². The highest BCUT2D eigenvalue weighted by Crippen LogP contribution is 2.18. The molecule has 5 N–H and O–H groups in total. The SMILES string of the molecule is CC(NC(=O)CNC(=O)C(N)C(C)C)C(=O)N1CCCC1C(=O)O. The Morgan fingerprint density at radius 1 is 1.25 bits per heavy atom. The van der Waals surface area contributed by atoms with Crippen LogP contribution < -0.4 is 16.4 Å². The van der Waals surface area contributed by atoms with E-state index in [2.05, 4.69) is 10.6 Å². The van der Waals surface area contributed by atoms with Crippen molar-refractivity contribution in [2.45, 2.75) is 51.7 Å². The third-order valence-corrected chi connectivity index (χ3v) is 4.01. The van der Waals surface area contributed by atoms with Gasteiger partial charge in [-0.05, 0) is 25.7 Å². The topological polar surface area (TPSA) is 142 Å². The van der Waals surface area contributed by atoms with Gasteiger partial charge in [-0.15, -0.1) is 0 Å². The second-order valence-corrected chi connectivity index (χ2v) is 6.30. The van der Waals surface area contributed by atoms with Gasteiger partial charge in [-0.3, -0.25) is 14.4 Å². The minimum absolute atomic E-state index is 0.0586. The average Bonchev–Trinajstić information content (AvgIpc) is 3.00. The molecule has 0 aromatic rings. The van der Waals surface area contributed by atoms with Crippen LogP contribution in [0.1, 0.15) is 33.6 Å². The molecule has 9 heteroatoms. The fourth-order valence-electron chi connectivity index (χ4n) is 2.48. The first-order chi connectivity index (χ1) is 11.1. The molecule has 1 aliphatic heterocycles. The van der Waals surface area contributed by atoms with E-state index in [1.807, 2.05) is 0 Å². The lowest BCUT2D eigenvalue weighted by Crippen LogP contribution is -2.53. The molecule has 0 saturated carbocycles. The van der Waals surface area contributed by atoms with Gasteiger partial charge >= 0.3 is 5.97 Å². The van der Waals surface area contributed by atoms with Crippen LogP contribution in [0.4, 0.5) is 0 Å². The molecule has 0 radical (unpaired) electrons. The van der Waals surface area contributed by atoms with Crippen molar-refractivity contribution in [3.05, 3.63) is 0 Å². The number of nitrogens with one attached hydrogen (secondary N) is 2. The molecule has 3 unspecified atom stereocenters. The molecule has 9 nitrogen and oxygen atoms in total. The number of carbonyl (C=O) groups is 4. The highest BCUT2D eigenvalue weighted by atomic mass is 16.4. The average molecular weight is 342 g/mol. The number of carboxylic acid groups (broad SMARTS) is 1. The first-order valence-electron chi connectivity index (χ1n) is 8.01. The van der Waals surface area contributed by atoms with Crippen molar-refractivity contribution in [3.63, 3.8) is 0 Å². The van der Waals surface area contributed by atoms with E-state index in [1.54, 1.807) is 13.8 Å². The summed E-state index contributed by atoms with van der Waals surface area (Å²) in [6, 6.07) is -2.42. The van der Waals surface area contributed by atoms with E-state index in [9.17, 15) is 19.2 Å². The third kappa shape index (κ3) is 5.19. The second kappa shape index (κ2) is 8.62. The summed E-state index contributed by atoms with van der Waals surface area (Å²) in [6.07, 6.45) is 1.03. The predicted molar refractivity (Wildman–Crippen MR) is 85.8 cm³/mol. The summed E-state index contributed by atoms with van der Waals surface area (Å²) in [5.41, 5.74) is 5.66. The summed E-state index contributed by atoms with van der Waals surface area (Å²) in [7, 11) is 0. The molecule has 0 spiro atoms. The molecule has 1 fully saturated rings. The largest absolute Gasteiger partial charge is 0.480 e. The predicted octanol–water partition coefficient (Wildman–Crippen LogP) is -1.33. The molecule has 136 valence electrons. The first-order valence-corrected chi connectivity index (χ1v) is 8.01. The standard InChI is InChI=1S/C15H26N4O5/c1-8(2)12(16)13(21)17-7-11(20)18-9(3)14(22)19-6-4-5-10(19)15(23)24/h8-10,12H,4-7,16H2,1-3H3,(H,17,21)(H,18,20)(H,23,24). The molecule has 1 heterocycles. The highest BCUT2D eigenvalue weighted by molar-refractivity contribution is 5.92. The van der Waals surface area contributed by atoms with Crippen LogP contribution in [0.25, 0.3) is 0 Å². The van der Waals surface area contributed by atoms with Crippen LogP contribution in [0.2, 0.25) is 0 Å². The van der Waals surface area contributed by atoms with E-state index < -0.39 is 41.8 Å². The normalized spacial score (nSPS) is 19.7. The Hall–Kier alpha value is -2.16. The fraction of sp³-hybridized carbons (Fsp3) is 0.733. The van der Waals surface area contributed by atoms with E-state index in [0.29, 0.717) is 19.4 Å². The Bertz CT molecular complexity index is 508. The van der Waals surface area contributed by atoms with Crippen molar-refractivity contribution in [3.8, 4) is 0 Å². The number of hydrogen-bond donors (Lipinski definition) is 4. The molecular weight excluding hydrogens is 316 g/mol. The number of nitrogens with zero attached hydrogens (tertiary/aromatic N) is 1. The monoisotopic (exact) mass is 342 g/mol. The third-order valence-electron chi connectivity index (χ3n) is 4.01. The van der Waals surface area contributed by atoms with Crippen LogP contribution in [0.3, 0.4) is 0 Å². The fourth-order valence-corrected chi connectivity index (χ4v) is 2.48. The van der Waals surface area contributed by atoms with Gasteiger partial charge in [0.15, 0.2) is 0 Å². The maximum Gasteiger partial charge on any atom is 0.326 e. The van der Waals surface area contributed by atoms with Crippen molar-refractivity contribution in [2.24, 2.45) is 11.7 Å². The lowest BCUT2D eigenvalue weighted by molar-refractivity contribution is -0.149. The first kappa shape index (κ1) is 19.9. The van der Waals surface area contributed by atoms with Gasteiger partial charge in [0.1, 0.15) is 12.1 Å². The van der Waals surface area contributed by atoms with E-state index in [-0.39, 0.29) is 12.5 Å². The highest BCUT2D eigenvalue weighted by Gasteiger charge is 2.36. The Morgan fingerprint density at radius 2 is 1.88 bits per heavy atom. The van der Waals surface area contributed by atoms with Crippen LogP contribution >= 0.6 is 0 Å². The Kier molecular flexibility index (Phi) is 7.15. The van der Waals surface area contributed by atoms with Gasteiger partial charge in [0.2, 0.25) is 17.7 Å². The van der Waals surface area contributed by atoms with Crippen molar-refractivity contribution in [2.75, 3.05) is 13.1 Å². The summed E-state index contributed by atoms with van der Waals surface area (Å²) >= 11 is 0. The van der Waals surface area contributed by atoms with Crippen molar-refractivity contribution >= 4 is 23.7 Å². The Balaban J connectivity index is 2.47. The molecule has 24 heavy (non-hydrogen) atoms. The molecule has 3 atom stereocenters. The quantitative estimate of drug-likeness (QED) is 0.451. The van der Waals surface area contributed by atoms with Gasteiger partial charge in [0.05, 0.1) is 12.6 Å². The smallest absolute Gasteiger partial charge is 0.326 e. The number of rotatable bonds is 7. The van der Waals surface area contributed by atoms with Gasteiger partial charge in [0.25, 0.3) is 0 Å². The number of carbonyl (C=O) groups excluding carboxylic acids is 3. The number of hydrogen-bond acceptors (Lipinski definition) is 5. The minimum atomic E-state index is -1.05. The molecular formula is C15H26N4O5. The van der Waals surface area contributed by atoms with Gasteiger partial charge < -0.3 is 26.4 Å². The summed E-state index contributed by atoms with van der Waals surface area (Å²) in [5, 5.41) is 14.0. The molecule has 0 aromatic carbocycles. The Morgan fingerprint density at radius 3 is 2.42 bits per heavy atom. The van der Waals surface area contributed by atoms with Crippen molar-refractivity contribution in [1.29, 1.82) is 0 Å². The molecule has 1 rings (SSSR count). The zero-order chi connectivity index (χ0) is 18.4. The zero-order valence-electron chi connectivity index (χ0n) is 14.2. The van der Waals surface area contributed by atoms with Crippen LogP contribution in [-0.4, -0.2) is 64.9 Å². The number of amides is 3. The molecule has 0 aromatic heterocycles. The van der Waals surface area contributed by atoms with Crippen LogP contribution in [0.15, 0.2) is 0 Å². The number of aliphatic carboxylic acids is 1. The van der Waals surface area contributed by atoms with Gasteiger partial charge in [-0.2, -0.15) is 0 Å². The molecule has 3 amide bonds. The van der Waals surface area contributed by atoms with E-state index >= 15 is 0 Å². The van der Waals surface area contributed by atoms with E-state index in [1.165, 1.54) is 11.8 Å². The molecule has 1 saturated heterocycles.